The van der Waals surface area contributed by atoms with E-state index in [0.29, 0.717) is 6.61 Å². The highest BCUT2D eigenvalue weighted by atomic mass is 32.7. The highest BCUT2D eigenvalue weighted by Gasteiger charge is 2.15. The molecule has 0 aromatic rings. The van der Waals surface area contributed by atoms with E-state index in [2.05, 4.69) is 13.8 Å². The smallest absolute Gasteiger partial charge is 0.254 e. The average molecular weight is 284 g/mol. The molecule has 0 fully saturated rings. The Labute approximate surface area is 109 Å². The van der Waals surface area contributed by atoms with Crippen LogP contribution in [0.4, 0.5) is 0 Å². The SMILES string of the molecule is CCCCCCOP(C)(=O)SCCSCC. The van der Waals surface area contributed by atoms with Gasteiger partial charge in [0.05, 0.1) is 6.61 Å². The van der Waals surface area contributed by atoms with Crippen LogP contribution in [0.5, 0.6) is 0 Å². The summed E-state index contributed by atoms with van der Waals surface area (Å²) in [5, 5.41) is 0. The van der Waals surface area contributed by atoms with Crippen molar-refractivity contribution in [3.63, 3.8) is 0 Å². The Morgan fingerprint density at radius 1 is 1.12 bits per heavy atom. The summed E-state index contributed by atoms with van der Waals surface area (Å²) in [6.45, 7) is 4.35. The molecule has 0 aromatic heterocycles. The molecule has 0 rings (SSSR count). The first-order chi connectivity index (χ1) is 7.62. The molecule has 16 heavy (non-hydrogen) atoms. The monoisotopic (exact) mass is 284 g/mol. The van der Waals surface area contributed by atoms with Gasteiger partial charge >= 0.3 is 0 Å². The van der Waals surface area contributed by atoms with E-state index >= 15 is 0 Å². The van der Waals surface area contributed by atoms with Crippen LogP contribution >= 0.6 is 29.7 Å². The summed E-state index contributed by atoms with van der Waals surface area (Å²) in [6.07, 6.45) is 4.70. The fourth-order valence-electron chi connectivity index (χ4n) is 1.20. The van der Waals surface area contributed by atoms with Crippen LogP contribution in [0, 0.1) is 0 Å². The first-order valence-corrected chi connectivity index (χ1v) is 10.9. The Morgan fingerprint density at radius 3 is 2.50 bits per heavy atom. The molecular weight excluding hydrogens is 259 g/mol. The zero-order valence-electron chi connectivity index (χ0n) is 10.7. The molecule has 0 aliphatic rings. The summed E-state index contributed by atoms with van der Waals surface area (Å²) in [5.74, 6) is 3.13. The molecule has 0 amide bonds. The van der Waals surface area contributed by atoms with Gasteiger partial charge in [-0.2, -0.15) is 11.8 Å². The first kappa shape index (κ1) is 16.9. The van der Waals surface area contributed by atoms with E-state index in [4.69, 9.17) is 4.52 Å². The molecule has 0 saturated heterocycles. The van der Waals surface area contributed by atoms with E-state index in [9.17, 15) is 4.57 Å². The Balaban J connectivity index is 3.43. The quantitative estimate of drug-likeness (QED) is 0.398. The standard InChI is InChI=1S/C11H25O2PS2/c1-4-6-7-8-9-13-14(3,12)16-11-10-15-5-2/h4-11H2,1-3H3. The van der Waals surface area contributed by atoms with Gasteiger partial charge in [-0.15, -0.1) is 0 Å². The van der Waals surface area contributed by atoms with Crippen molar-refractivity contribution in [2.45, 2.75) is 39.5 Å². The second kappa shape index (κ2) is 11.0. The lowest BCUT2D eigenvalue weighted by atomic mass is 10.2. The summed E-state index contributed by atoms with van der Waals surface area (Å²) in [7, 11) is 0. The summed E-state index contributed by atoms with van der Waals surface area (Å²) in [5.41, 5.74) is 0. The van der Waals surface area contributed by atoms with Crippen molar-refractivity contribution in [3.05, 3.63) is 0 Å². The van der Waals surface area contributed by atoms with Crippen molar-refractivity contribution in [1.29, 1.82) is 0 Å². The molecule has 1 atom stereocenters. The van der Waals surface area contributed by atoms with Crippen molar-refractivity contribution in [1.82, 2.24) is 0 Å². The third-order valence-electron chi connectivity index (χ3n) is 2.08. The number of hydrogen-bond acceptors (Lipinski definition) is 4. The van der Waals surface area contributed by atoms with E-state index < -0.39 is 6.57 Å². The zero-order chi connectivity index (χ0) is 12.3. The molecule has 0 aliphatic heterocycles. The largest absolute Gasteiger partial charge is 0.321 e. The molecule has 0 aliphatic carbocycles. The van der Waals surface area contributed by atoms with Gasteiger partial charge < -0.3 is 4.52 Å². The topological polar surface area (TPSA) is 26.3 Å². The minimum absolute atomic E-state index is 0.654. The van der Waals surface area contributed by atoms with Gasteiger partial charge in [0.25, 0.3) is 6.57 Å². The fourth-order valence-corrected chi connectivity index (χ4v) is 5.24. The minimum atomic E-state index is -2.38. The van der Waals surface area contributed by atoms with E-state index in [-0.39, 0.29) is 0 Å². The molecular formula is C11H25O2PS2. The lowest BCUT2D eigenvalue weighted by Crippen LogP contribution is -1.92. The Kier molecular flexibility index (Phi) is 11.6. The van der Waals surface area contributed by atoms with Crippen LogP contribution in [0.1, 0.15) is 39.5 Å². The van der Waals surface area contributed by atoms with Gasteiger partial charge in [0.2, 0.25) is 0 Å². The molecule has 0 N–H and O–H groups in total. The van der Waals surface area contributed by atoms with Crippen LogP contribution in [0.2, 0.25) is 0 Å². The van der Waals surface area contributed by atoms with Crippen molar-refractivity contribution >= 4 is 29.7 Å². The Hall–Kier alpha value is 0.890. The van der Waals surface area contributed by atoms with E-state index in [0.717, 1.165) is 23.7 Å². The van der Waals surface area contributed by atoms with Crippen molar-refractivity contribution < 1.29 is 9.09 Å². The summed E-state index contributed by atoms with van der Waals surface area (Å²) in [4.78, 5) is 0. The van der Waals surface area contributed by atoms with Crippen LogP contribution in [0.25, 0.3) is 0 Å². The molecule has 2 nitrogen and oxygen atoms in total. The van der Waals surface area contributed by atoms with Gasteiger partial charge in [-0.1, -0.05) is 44.5 Å². The second-order valence-electron chi connectivity index (χ2n) is 3.70. The number of hydrogen-bond donors (Lipinski definition) is 0. The van der Waals surface area contributed by atoms with Crippen LogP contribution in [0.3, 0.4) is 0 Å². The highest BCUT2D eigenvalue weighted by Crippen LogP contribution is 2.56. The molecule has 0 saturated carbocycles. The van der Waals surface area contributed by atoms with Gasteiger partial charge in [-0.05, 0) is 12.2 Å². The third kappa shape index (κ3) is 11.4. The maximum atomic E-state index is 11.9. The Morgan fingerprint density at radius 2 is 1.88 bits per heavy atom. The number of unbranched alkanes of at least 4 members (excludes halogenated alkanes) is 3. The third-order valence-corrected chi connectivity index (χ3v) is 7.02. The molecule has 5 heteroatoms. The normalized spacial score (nSPS) is 14.9. The molecule has 0 radical (unpaired) electrons. The van der Waals surface area contributed by atoms with Crippen molar-refractivity contribution in [3.8, 4) is 0 Å². The lowest BCUT2D eigenvalue weighted by molar-refractivity contribution is 0.316. The zero-order valence-corrected chi connectivity index (χ0v) is 13.3. The van der Waals surface area contributed by atoms with Crippen LogP contribution in [-0.4, -0.2) is 30.5 Å². The van der Waals surface area contributed by atoms with Gasteiger partial charge in [-0.3, -0.25) is 4.57 Å². The molecule has 0 aromatic carbocycles. The van der Waals surface area contributed by atoms with Gasteiger partial charge in [-0.25, -0.2) is 0 Å². The van der Waals surface area contributed by atoms with Crippen LogP contribution in [0.15, 0.2) is 0 Å². The minimum Gasteiger partial charge on any atom is -0.321 e. The molecule has 98 valence electrons. The van der Waals surface area contributed by atoms with E-state index in [1.165, 1.54) is 30.6 Å². The lowest BCUT2D eigenvalue weighted by Gasteiger charge is -2.12. The van der Waals surface area contributed by atoms with Crippen molar-refractivity contribution in [2.24, 2.45) is 0 Å². The van der Waals surface area contributed by atoms with E-state index in [1.807, 2.05) is 11.8 Å². The second-order valence-corrected chi connectivity index (χ2v) is 10.3. The average Bonchev–Trinajstić information content (AvgIpc) is 2.24. The summed E-state index contributed by atoms with van der Waals surface area (Å²) in [6, 6.07) is 0. The molecule has 0 heterocycles. The Bertz CT molecular complexity index is 200. The van der Waals surface area contributed by atoms with Gasteiger partial charge in [0.1, 0.15) is 0 Å². The van der Waals surface area contributed by atoms with Crippen molar-refractivity contribution in [2.75, 3.05) is 30.5 Å². The fraction of sp³-hybridized carbons (Fsp3) is 1.00. The van der Waals surface area contributed by atoms with Gasteiger partial charge in [0, 0.05) is 18.2 Å². The highest BCUT2D eigenvalue weighted by molar-refractivity contribution is 8.56. The molecule has 0 spiro atoms. The predicted molar refractivity (Wildman–Crippen MR) is 79.1 cm³/mol. The maximum absolute atomic E-state index is 11.9. The number of rotatable bonds is 11. The molecule has 0 bridgehead atoms. The summed E-state index contributed by atoms with van der Waals surface area (Å²) >= 11 is 3.38. The summed E-state index contributed by atoms with van der Waals surface area (Å²) < 4.78 is 17.4. The first-order valence-electron chi connectivity index (χ1n) is 6.06. The number of thioether (sulfide) groups is 1. The maximum Gasteiger partial charge on any atom is 0.254 e. The molecule has 1 unspecified atom stereocenters. The van der Waals surface area contributed by atoms with Crippen LogP contribution < -0.4 is 0 Å². The predicted octanol–water partition coefficient (Wildman–Crippen LogP) is 4.89. The van der Waals surface area contributed by atoms with Gasteiger partial charge in [0.15, 0.2) is 0 Å². The van der Waals surface area contributed by atoms with E-state index in [1.54, 1.807) is 6.66 Å². The van der Waals surface area contributed by atoms with Crippen LogP contribution in [-0.2, 0) is 9.09 Å².